The van der Waals surface area contributed by atoms with Gasteiger partial charge in [0.25, 0.3) is 0 Å². The summed E-state index contributed by atoms with van der Waals surface area (Å²) in [5.41, 5.74) is 0. The van der Waals surface area contributed by atoms with Crippen LogP contribution in [0.4, 0.5) is 0 Å². The molecule has 0 rings (SSSR count). The molecule has 0 aromatic rings. The van der Waals surface area contributed by atoms with Crippen molar-refractivity contribution < 1.29 is 28.6 Å². The molecule has 6 heteroatoms. The predicted octanol–water partition coefficient (Wildman–Crippen LogP) is 19.5. The quantitative estimate of drug-likeness (QED) is 0.0262. The lowest BCUT2D eigenvalue weighted by Gasteiger charge is -2.18. The van der Waals surface area contributed by atoms with E-state index in [1.54, 1.807) is 0 Å². The highest BCUT2D eigenvalue weighted by Gasteiger charge is 2.19. The Morgan fingerprint density at radius 1 is 0.300 bits per heavy atom. The van der Waals surface area contributed by atoms with Gasteiger partial charge in [-0.2, -0.15) is 0 Å². The molecule has 70 heavy (non-hydrogen) atoms. The summed E-state index contributed by atoms with van der Waals surface area (Å²) in [5, 5.41) is 0. The minimum Gasteiger partial charge on any atom is -0.462 e. The maximum Gasteiger partial charge on any atom is 0.306 e. The monoisotopic (exact) mass is 971 g/mol. The maximum atomic E-state index is 12.9. The molecule has 0 N–H and O–H groups in total. The zero-order valence-electron chi connectivity index (χ0n) is 45.5. The highest BCUT2D eigenvalue weighted by atomic mass is 16.6. The molecule has 0 spiro atoms. The Labute approximate surface area is 431 Å². The molecule has 0 aromatic carbocycles. The first-order valence-electron chi connectivity index (χ1n) is 28.9. The van der Waals surface area contributed by atoms with E-state index >= 15 is 0 Å². The summed E-state index contributed by atoms with van der Waals surface area (Å²) < 4.78 is 16.8. The maximum absolute atomic E-state index is 12.9. The third kappa shape index (κ3) is 55.0. The van der Waals surface area contributed by atoms with Gasteiger partial charge in [0.15, 0.2) is 6.10 Å². The van der Waals surface area contributed by atoms with Gasteiger partial charge in [-0.05, 0) is 128 Å². The fourth-order valence-electron chi connectivity index (χ4n) is 7.65. The van der Waals surface area contributed by atoms with Gasteiger partial charge in [-0.25, -0.2) is 0 Å². The van der Waals surface area contributed by atoms with E-state index in [0.717, 1.165) is 128 Å². The van der Waals surface area contributed by atoms with Gasteiger partial charge in [-0.15, -0.1) is 0 Å². The lowest BCUT2D eigenvalue weighted by molar-refractivity contribution is -0.167. The van der Waals surface area contributed by atoms with Crippen LogP contribution in [0.3, 0.4) is 0 Å². The van der Waals surface area contributed by atoms with E-state index in [4.69, 9.17) is 14.2 Å². The Morgan fingerprint density at radius 3 is 0.929 bits per heavy atom. The van der Waals surface area contributed by atoms with E-state index in [2.05, 4.69) is 130 Å². The van der Waals surface area contributed by atoms with Crippen molar-refractivity contribution in [2.75, 3.05) is 13.2 Å². The Balaban J connectivity index is 4.51. The lowest BCUT2D eigenvalue weighted by atomic mass is 10.1. The second kappa shape index (κ2) is 57.6. The predicted molar refractivity (Wildman–Crippen MR) is 302 cm³/mol. The second-order valence-electron chi connectivity index (χ2n) is 18.8. The highest BCUT2D eigenvalue weighted by Crippen LogP contribution is 2.13. The molecule has 0 heterocycles. The number of rotatable bonds is 51. The molecule has 0 bridgehead atoms. The molecule has 0 saturated heterocycles. The number of hydrogen-bond donors (Lipinski definition) is 0. The van der Waals surface area contributed by atoms with Crippen LogP contribution in [0.2, 0.25) is 0 Å². The van der Waals surface area contributed by atoms with Crippen molar-refractivity contribution in [3.8, 4) is 0 Å². The summed E-state index contributed by atoms with van der Waals surface area (Å²) >= 11 is 0. The topological polar surface area (TPSA) is 78.9 Å². The summed E-state index contributed by atoms with van der Waals surface area (Å²) in [7, 11) is 0. The van der Waals surface area contributed by atoms with Gasteiger partial charge >= 0.3 is 17.9 Å². The molecule has 1 atom stereocenters. The molecule has 6 nitrogen and oxygen atoms in total. The molecule has 0 aliphatic heterocycles. The van der Waals surface area contributed by atoms with Gasteiger partial charge in [0.1, 0.15) is 13.2 Å². The zero-order chi connectivity index (χ0) is 50.7. The van der Waals surface area contributed by atoms with Crippen LogP contribution in [-0.4, -0.2) is 37.2 Å². The molecular weight excluding hydrogens is 865 g/mol. The standard InChI is InChI=1S/C64H106O6/c1-4-7-10-13-16-19-22-25-28-30-31-32-33-34-37-39-42-45-48-51-54-57-63(66)69-60-61(59-68-62(65)56-53-50-47-44-41-38-35-27-24-21-18-15-12-9-6-3)70-64(67)58-55-52-49-46-43-40-36-29-26-23-20-17-14-11-8-5-2/h7,10,16,19-20,23,25,27-29,31-32,34-37,42,45,61H,4-6,8-9,11-15,17-18,21-22,24,26,30,33,38-41,43-44,46-60H2,1-3H3/b10-7-,19-16-,23-20-,28-25-,32-31-,35-27-,36-29-,37-34-,45-42-. The summed E-state index contributed by atoms with van der Waals surface area (Å²) in [4.78, 5) is 38.2. The van der Waals surface area contributed by atoms with Crippen LogP contribution in [0.1, 0.15) is 258 Å². The summed E-state index contributed by atoms with van der Waals surface area (Å²) in [6.45, 7) is 6.45. The smallest absolute Gasteiger partial charge is 0.306 e. The molecule has 1 unspecified atom stereocenters. The molecule has 0 aliphatic rings. The van der Waals surface area contributed by atoms with E-state index in [1.807, 2.05) is 0 Å². The molecular formula is C64H106O6. The van der Waals surface area contributed by atoms with Crippen LogP contribution in [0, 0.1) is 0 Å². The number of allylic oxidation sites excluding steroid dienone is 18. The van der Waals surface area contributed by atoms with Gasteiger partial charge in [0.05, 0.1) is 0 Å². The van der Waals surface area contributed by atoms with Crippen LogP contribution < -0.4 is 0 Å². The number of hydrogen-bond acceptors (Lipinski definition) is 6. The minimum absolute atomic E-state index is 0.103. The molecule has 0 aromatic heterocycles. The number of carbonyl (C=O) groups is 3. The van der Waals surface area contributed by atoms with Crippen LogP contribution in [0.5, 0.6) is 0 Å². The van der Waals surface area contributed by atoms with Crippen molar-refractivity contribution in [2.45, 2.75) is 264 Å². The third-order valence-electron chi connectivity index (χ3n) is 12.0. The van der Waals surface area contributed by atoms with E-state index in [1.165, 1.54) is 83.5 Å². The summed E-state index contributed by atoms with van der Waals surface area (Å²) in [6.07, 6.45) is 77.9. The molecule has 0 amide bonds. The van der Waals surface area contributed by atoms with E-state index in [-0.39, 0.29) is 31.1 Å². The molecule has 0 aliphatic carbocycles. The van der Waals surface area contributed by atoms with Crippen LogP contribution in [-0.2, 0) is 28.6 Å². The number of unbranched alkanes of at least 4 members (excludes halogenated alkanes) is 22. The van der Waals surface area contributed by atoms with Crippen molar-refractivity contribution in [3.05, 3.63) is 109 Å². The fraction of sp³-hybridized carbons (Fsp3) is 0.672. The molecule has 0 fully saturated rings. The normalized spacial score (nSPS) is 12.9. The Morgan fingerprint density at radius 2 is 0.557 bits per heavy atom. The van der Waals surface area contributed by atoms with E-state index < -0.39 is 6.10 Å². The average molecular weight is 972 g/mol. The van der Waals surface area contributed by atoms with Gasteiger partial charge in [0.2, 0.25) is 0 Å². The second-order valence-corrected chi connectivity index (χ2v) is 18.8. The fourth-order valence-corrected chi connectivity index (χ4v) is 7.65. The first kappa shape index (κ1) is 66.1. The highest BCUT2D eigenvalue weighted by molar-refractivity contribution is 5.71. The van der Waals surface area contributed by atoms with E-state index in [0.29, 0.717) is 25.7 Å². The Bertz CT molecular complexity index is 1440. The SMILES string of the molecule is CC/C=C\C/C=C\C/C=C\C/C=C\C/C=C\C/C=C\CCCCC(=O)OCC(COC(=O)CCCCCCC/C=C\CCCCCCCC)OC(=O)CCCCCCC/C=C\C/C=C\CCCCCC. The van der Waals surface area contributed by atoms with Gasteiger partial charge in [-0.3, -0.25) is 14.4 Å². The van der Waals surface area contributed by atoms with Gasteiger partial charge in [0, 0.05) is 19.3 Å². The zero-order valence-corrected chi connectivity index (χ0v) is 45.5. The number of carbonyl (C=O) groups excluding carboxylic acids is 3. The van der Waals surface area contributed by atoms with Crippen molar-refractivity contribution in [1.82, 2.24) is 0 Å². The van der Waals surface area contributed by atoms with Crippen LogP contribution in [0.15, 0.2) is 109 Å². The number of esters is 3. The first-order chi connectivity index (χ1) is 34.5. The van der Waals surface area contributed by atoms with Crippen LogP contribution >= 0.6 is 0 Å². The van der Waals surface area contributed by atoms with Crippen molar-refractivity contribution in [2.24, 2.45) is 0 Å². The van der Waals surface area contributed by atoms with Gasteiger partial charge in [-0.1, -0.05) is 220 Å². The van der Waals surface area contributed by atoms with Crippen LogP contribution in [0.25, 0.3) is 0 Å². The molecule has 0 saturated carbocycles. The minimum atomic E-state index is -0.809. The molecule has 398 valence electrons. The number of ether oxygens (including phenoxy) is 3. The Kier molecular flexibility index (Phi) is 54.4. The lowest BCUT2D eigenvalue weighted by Crippen LogP contribution is -2.30. The Hall–Kier alpha value is -3.93. The third-order valence-corrected chi connectivity index (χ3v) is 12.0. The first-order valence-corrected chi connectivity index (χ1v) is 28.9. The largest absolute Gasteiger partial charge is 0.462 e. The average Bonchev–Trinajstić information content (AvgIpc) is 3.36. The van der Waals surface area contributed by atoms with Crippen molar-refractivity contribution in [1.29, 1.82) is 0 Å². The van der Waals surface area contributed by atoms with Gasteiger partial charge < -0.3 is 14.2 Å². The summed E-state index contributed by atoms with van der Waals surface area (Å²) in [5.74, 6) is -0.969. The van der Waals surface area contributed by atoms with Crippen molar-refractivity contribution in [3.63, 3.8) is 0 Å². The van der Waals surface area contributed by atoms with Crippen molar-refractivity contribution >= 4 is 17.9 Å². The molecule has 0 radical (unpaired) electrons. The summed E-state index contributed by atoms with van der Waals surface area (Å²) in [6, 6.07) is 0. The van der Waals surface area contributed by atoms with E-state index in [9.17, 15) is 14.4 Å².